The summed E-state index contributed by atoms with van der Waals surface area (Å²) in [7, 11) is -3.29. The molecular weight excluding hydrogens is 498 g/mol. The van der Waals surface area contributed by atoms with Gasteiger partial charge in [0.1, 0.15) is 5.60 Å². The first kappa shape index (κ1) is 22.7. The number of sulfonamides is 1. The number of carbonyl (C=O) groups is 2. The van der Waals surface area contributed by atoms with Gasteiger partial charge in [-0.25, -0.2) is 22.3 Å². The van der Waals surface area contributed by atoms with Gasteiger partial charge < -0.3 is 14.6 Å². The highest BCUT2D eigenvalue weighted by Gasteiger charge is 2.38. The lowest BCUT2D eigenvalue weighted by Gasteiger charge is -2.29. The molecule has 0 unspecified atom stereocenters. The Morgan fingerprint density at radius 2 is 1.77 bits per heavy atom. The van der Waals surface area contributed by atoms with Crippen molar-refractivity contribution in [1.29, 1.82) is 0 Å². The van der Waals surface area contributed by atoms with Gasteiger partial charge in [0.2, 0.25) is 0 Å². The number of nitrogens with zero attached hydrogens (tertiary/aromatic N) is 1. The van der Waals surface area contributed by atoms with Crippen LogP contribution in [0.1, 0.15) is 33.3 Å². The van der Waals surface area contributed by atoms with Crippen molar-refractivity contribution in [1.82, 2.24) is 4.31 Å². The molecule has 0 bridgehead atoms. The molecule has 1 amide bonds. The van der Waals surface area contributed by atoms with Gasteiger partial charge in [0.15, 0.2) is 0 Å². The molecule has 1 rings (SSSR count). The van der Waals surface area contributed by atoms with Gasteiger partial charge in [-0.1, -0.05) is 31.9 Å². The number of carboxylic acid groups (broad SMARTS) is 1. The molecule has 11 heteroatoms. The Hall–Kier alpha value is -1.33. The van der Waals surface area contributed by atoms with E-state index in [4.69, 9.17) is 14.6 Å². The number of amides is 1. The summed E-state index contributed by atoms with van der Waals surface area (Å²) in [5.41, 5.74) is -1.47. The van der Waals surface area contributed by atoms with Crippen molar-refractivity contribution < 1.29 is 32.6 Å². The molecule has 146 valence electrons. The Morgan fingerprint density at radius 3 is 2.23 bits per heavy atom. The van der Waals surface area contributed by atoms with E-state index in [-0.39, 0.29) is 10.5 Å². The summed E-state index contributed by atoms with van der Waals surface area (Å²) >= 11 is 6.44. The van der Waals surface area contributed by atoms with Crippen LogP contribution in [0.25, 0.3) is 0 Å². The summed E-state index contributed by atoms with van der Waals surface area (Å²) in [6.07, 6.45) is -3.14. The second-order valence-corrected chi connectivity index (χ2v) is 9.75. The maximum Gasteiger partial charge on any atom is 0.506 e. The van der Waals surface area contributed by atoms with E-state index in [0.29, 0.717) is 13.3 Å². The molecule has 0 atom stereocenters. The van der Waals surface area contributed by atoms with Crippen molar-refractivity contribution in [3.8, 4) is 0 Å². The van der Waals surface area contributed by atoms with E-state index in [1.165, 1.54) is 19.9 Å². The maximum absolute atomic E-state index is 13.0. The van der Waals surface area contributed by atoms with Gasteiger partial charge in [-0.3, -0.25) is 0 Å². The van der Waals surface area contributed by atoms with Crippen LogP contribution < -0.4 is 0 Å². The van der Waals surface area contributed by atoms with Gasteiger partial charge in [-0.05, 0) is 39.8 Å². The third-order valence-electron chi connectivity index (χ3n) is 3.20. The number of ether oxygens (including phenoxy) is 2. The van der Waals surface area contributed by atoms with E-state index in [1.807, 2.05) is 0 Å². The van der Waals surface area contributed by atoms with Crippen molar-refractivity contribution in [2.24, 2.45) is 0 Å². The summed E-state index contributed by atoms with van der Waals surface area (Å²) in [5, 5.41) is 8.97. The monoisotopic (exact) mass is 515 g/mol. The summed E-state index contributed by atoms with van der Waals surface area (Å²) in [5.74, 6) is 0. The number of rotatable bonds is 5. The van der Waals surface area contributed by atoms with Crippen molar-refractivity contribution >= 4 is 54.1 Å². The number of benzene rings is 1. The molecule has 0 aromatic heterocycles. The number of hydrogen-bond donors (Lipinski definition) is 1. The average molecular weight is 517 g/mol. The minimum absolute atomic E-state index is 0.0484. The molecule has 1 N–H and O–H groups in total. The van der Waals surface area contributed by atoms with Crippen LogP contribution >= 0.6 is 31.9 Å². The first-order chi connectivity index (χ1) is 11.7. The average Bonchev–Trinajstić information content (AvgIpc) is 2.42. The van der Waals surface area contributed by atoms with Crippen molar-refractivity contribution in [3.63, 3.8) is 0 Å². The topological polar surface area (TPSA) is 110 Å². The zero-order valence-corrected chi connectivity index (χ0v) is 18.7. The van der Waals surface area contributed by atoms with E-state index in [1.54, 1.807) is 19.9 Å². The van der Waals surface area contributed by atoms with E-state index in [9.17, 15) is 18.0 Å². The summed E-state index contributed by atoms with van der Waals surface area (Å²) < 4.78 is 36.9. The molecule has 26 heavy (non-hydrogen) atoms. The molecule has 1 aromatic rings. The molecule has 0 heterocycles. The van der Waals surface area contributed by atoms with Gasteiger partial charge in [0.25, 0.3) is 10.0 Å². The summed E-state index contributed by atoms with van der Waals surface area (Å²) in [6.45, 7) is 5.98. The van der Waals surface area contributed by atoms with Crippen LogP contribution in [0, 0.1) is 0 Å². The molecule has 0 radical (unpaired) electrons. The van der Waals surface area contributed by atoms with E-state index < -0.39 is 34.0 Å². The fourth-order valence-electron chi connectivity index (χ4n) is 2.13. The molecule has 1 aromatic carbocycles. The van der Waals surface area contributed by atoms with Gasteiger partial charge in [0.05, 0.1) is 11.0 Å². The highest BCUT2D eigenvalue weighted by molar-refractivity contribution is 9.11. The molecule has 0 saturated carbocycles. The van der Waals surface area contributed by atoms with Crippen LogP contribution in [-0.4, -0.2) is 43.2 Å². The van der Waals surface area contributed by atoms with Crippen molar-refractivity contribution in [3.05, 3.63) is 26.6 Å². The Morgan fingerprint density at radius 1 is 1.23 bits per heavy atom. The van der Waals surface area contributed by atoms with E-state index in [2.05, 4.69) is 31.9 Å². The lowest BCUT2D eigenvalue weighted by atomic mass is 9.98. The Labute approximate surface area is 168 Å². The minimum atomic E-state index is -4.35. The van der Waals surface area contributed by atoms with E-state index in [0.717, 1.165) is 7.05 Å². The van der Waals surface area contributed by atoms with Crippen LogP contribution in [-0.2, 0) is 25.1 Å². The molecule has 0 aliphatic heterocycles. The Balaban J connectivity index is 3.61. The van der Waals surface area contributed by atoms with Crippen LogP contribution in [0.4, 0.5) is 9.59 Å². The fraction of sp³-hybridized carbons (Fsp3) is 0.467. The molecule has 0 fully saturated rings. The fourth-order valence-corrected chi connectivity index (χ4v) is 5.54. The van der Waals surface area contributed by atoms with Crippen LogP contribution in [0.15, 0.2) is 26.0 Å². The standard InChI is InChI=1S/C15H19Br2NO7S/c1-8(2)24-13(19)18(5)26(22,23)11-7-9(16)6-10(17)12(11)15(3,4)25-14(20)21/h6-8H,1-5H3,(H,20,21). The quantitative estimate of drug-likeness (QED) is 0.580. The predicted octanol–water partition coefficient (Wildman–Crippen LogP) is 4.31. The second kappa shape index (κ2) is 8.13. The molecule has 0 aliphatic rings. The molecule has 0 aliphatic carbocycles. The van der Waals surface area contributed by atoms with E-state index >= 15 is 0 Å². The molecule has 0 saturated heterocycles. The zero-order chi connectivity index (χ0) is 20.4. The minimum Gasteiger partial charge on any atom is -0.450 e. The van der Waals surface area contributed by atoms with Crippen LogP contribution in [0.3, 0.4) is 0 Å². The molecule has 8 nitrogen and oxygen atoms in total. The number of halogens is 2. The lowest BCUT2D eigenvalue weighted by Crippen LogP contribution is -2.37. The Bertz CT molecular complexity index is 822. The first-order valence-corrected chi connectivity index (χ1v) is 10.3. The number of carbonyl (C=O) groups excluding carboxylic acids is 1. The molecule has 0 spiro atoms. The van der Waals surface area contributed by atoms with Crippen molar-refractivity contribution in [2.45, 2.75) is 44.3 Å². The molecular formula is C15H19Br2NO7S. The van der Waals surface area contributed by atoms with Gasteiger partial charge in [-0.15, -0.1) is 0 Å². The predicted molar refractivity (Wildman–Crippen MR) is 101 cm³/mol. The van der Waals surface area contributed by atoms with Gasteiger partial charge in [0, 0.05) is 21.6 Å². The normalized spacial score (nSPS) is 12.0. The zero-order valence-electron chi connectivity index (χ0n) is 14.7. The van der Waals surface area contributed by atoms with Gasteiger partial charge in [-0.2, -0.15) is 0 Å². The lowest BCUT2D eigenvalue weighted by molar-refractivity contribution is -0.00115. The Kier molecular flexibility index (Phi) is 7.11. The first-order valence-electron chi connectivity index (χ1n) is 7.31. The highest BCUT2D eigenvalue weighted by atomic mass is 79.9. The largest absolute Gasteiger partial charge is 0.506 e. The smallest absolute Gasteiger partial charge is 0.450 e. The third kappa shape index (κ3) is 5.10. The maximum atomic E-state index is 13.0. The van der Waals surface area contributed by atoms with Crippen LogP contribution in [0.5, 0.6) is 0 Å². The van der Waals surface area contributed by atoms with Gasteiger partial charge >= 0.3 is 12.2 Å². The van der Waals surface area contributed by atoms with Crippen molar-refractivity contribution in [2.75, 3.05) is 7.05 Å². The van der Waals surface area contributed by atoms with Crippen LogP contribution in [0.2, 0.25) is 0 Å². The SMILES string of the molecule is CC(C)OC(=O)N(C)S(=O)(=O)c1cc(Br)cc(Br)c1C(C)(C)OC(=O)O. The number of hydrogen-bond acceptors (Lipinski definition) is 6. The third-order valence-corrected chi connectivity index (χ3v) is 6.03. The summed E-state index contributed by atoms with van der Waals surface area (Å²) in [6, 6.07) is 2.81. The second-order valence-electron chi connectivity index (χ2n) is 6.04. The highest BCUT2D eigenvalue weighted by Crippen LogP contribution is 2.39. The summed E-state index contributed by atoms with van der Waals surface area (Å²) in [4.78, 5) is 22.8.